The van der Waals surface area contributed by atoms with Gasteiger partial charge in [0.2, 0.25) is 5.88 Å². The van der Waals surface area contributed by atoms with Crippen LogP contribution in [0.1, 0.15) is 19.4 Å². The Hall–Kier alpha value is -3.09. The molecule has 0 radical (unpaired) electrons. The summed E-state index contributed by atoms with van der Waals surface area (Å²) in [5.74, 6) is 0.480. The quantitative estimate of drug-likeness (QED) is 0.748. The molecule has 0 atom stereocenters. The average Bonchev–Trinajstić information content (AvgIpc) is 2.93. The van der Waals surface area contributed by atoms with E-state index in [1.54, 1.807) is 24.7 Å². The molecule has 3 rings (SSSR count). The summed E-state index contributed by atoms with van der Waals surface area (Å²) in [7, 11) is 1.95. The topological polar surface area (TPSA) is 81.1 Å². The predicted molar refractivity (Wildman–Crippen MR) is 96.6 cm³/mol. The number of anilines is 1. The highest BCUT2D eigenvalue weighted by atomic mass is 16.5. The van der Waals surface area contributed by atoms with Gasteiger partial charge in [-0.2, -0.15) is 0 Å². The van der Waals surface area contributed by atoms with Gasteiger partial charge in [0.1, 0.15) is 0 Å². The largest absolute Gasteiger partial charge is 0.475 e. The Labute approximate surface area is 146 Å². The van der Waals surface area contributed by atoms with Gasteiger partial charge in [-0.25, -0.2) is 14.8 Å². The van der Waals surface area contributed by atoms with E-state index in [1.807, 2.05) is 43.7 Å². The van der Waals surface area contributed by atoms with Crippen LogP contribution in [0.3, 0.4) is 0 Å². The van der Waals surface area contributed by atoms with Crippen LogP contribution >= 0.6 is 0 Å². The van der Waals surface area contributed by atoms with Gasteiger partial charge in [-0.3, -0.25) is 0 Å². The molecule has 0 bridgehead atoms. The molecule has 3 aromatic rings. The van der Waals surface area contributed by atoms with Crippen LogP contribution in [0.4, 0.5) is 10.5 Å². The Morgan fingerprint density at radius 3 is 2.88 bits per heavy atom. The minimum absolute atomic E-state index is 0.0260. The van der Waals surface area contributed by atoms with Crippen LogP contribution in [0.2, 0.25) is 0 Å². The number of hydrogen-bond donors (Lipinski definition) is 2. The first-order chi connectivity index (χ1) is 12.0. The SMILES string of the molecule is CC(C)Oc1cc(NC(=O)NCc2ccc3c(c2)ncn3C)ccn1. The fraction of sp³-hybridized carbons (Fsp3) is 0.278. The number of carbonyl (C=O) groups is 1. The monoisotopic (exact) mass is 339 g/mol. The van der Waals surface area contributed by atoms with Crippen molar-refractivity contribution >= 4 is 22.8 Å². The maximum atomic E-state index is 12.1. The molecule has 0 spiro atoms. The normalized spacial score (nSPS) is 10.9. The summed E-state index contributed by atoms with van der Waals surface area (Å²) in [6.45, 7) is 4.26. The Balaban J connectivity index is 1.58. The molecule has 130 valence electrons. The van der Waals surface area contributed by atoms with Crippen LogP contribution in [0.25, 0.3) is 11.0 Å². The number of amides is 2. The molecule has 25 heavy (non-hydrogen) atoms. The number of aryl methyl sites for hydroxylation is 1. The second-order valence-corrected chi connectivity index (χ2v) is 6.04. The molecule has 0 aliphatic heterocycles. The van der Waals surface area contributed by atoms with E-state index in [0.29, 0.717) is 18.1 Å². The number of rotatable bonds is 5. The van der Waals surface area contributed by atoms with Crippen LogP contribution in [-0.2, 0) is 13.6 Å². The summed E-state index contributed by atoms with van der Waals surface area (Å²) in [6.07, 6.45) is 3.40. The molecular formula is C18H21N5O2. The first-order valence-corrected chi connectivity index (χ1v) is 8.09. The van der Waals surface area contributed by atoms with Gasteiger partial charge in [0.25, 0.3) is 0 Å². The fourth-order valence-corrected chi connectivity index (χ4v) is 2.44. The molecule has 0 saturated carbocycles. The first kappa shape index (κ1) is 16.8. The van der Waals surface area contributed by atoms with Crippen LogP contribution in [-0.4, -0.2) is 26.7 Å². The third-order valence-electron chi connectivity index (χ3n) is 3.59. The zero-order valence-corrected chi connectivity index (χ0v) is 14.5. The number of imidazole rings is 1. The lowest BCUT2D eigenvalue weighted by Gasteiger charge is -2.11. The van der Waals surface area contributed by atoms with Crippen molar-refractivity contribution in [2.24, 2.45) is 7.05 Å². The highest BCUT2D eigenvalue weighted by Gasteiger charge is 2.06. The molecular weight excluding hydrogens is 318 g/mol. The van der Waals surface area contributed by atoms with Crippen molar-refractivity contribution in [2.45, 2.75) is 26.5 Å². The van der Waals surface area contributed by atoms with Crippen molar-refractivity contribution in [3.8, 4) is 5.88 Å². The number of urea groups is 1. The van der Waals surface area contributed by atoms with Crippen molar-refractivity contribution in [3.05, 3.63) is 48.4 Å². The Bertz CT molecular complexity index is 888. The van der Waals surface area contributed by atoms with E-state index in [0.717, 1.165) is 16.6 Å². The minimum Gasteiger partial charge on any atom is -0.475 e. The van der Waals surface area contributed by atoms with Crippen LogP contribution in [0, 0.1) is 0 Å². The van der Waals surface area contributed by atoms with Crippen molar-refractivity contribution in [1.29, 1.82) is 0 Å². The lowest BCUT2D eigenvalue weighted by atomic mass is 10.2. The minimum atomic E-state index is -0.289. The molecule has 2 aromatic heterocycles. The summed E-state index contributed by atoms with van der Waals surface area (Å²) < 4.78 is 7.47. The maximum absolute atomic E-state index is 12.1. The Morgan fingerprint density at radius 2 is 2.08 bits per heavy atom. The smallest absolute Gasteiger partial charge is 0.319 e. The lowest BCUT2D eigenvalue weighted by molar-refractivity contribution is 0.233. The van der Waals surface area contributed by atoms with Crippen molar-refractivity contribution in [3.63, 3.8) is 0 Å². The van der Waals surface area contributed by atoms with E-state index in [4.69, 9.17) is 4.74 Å². The van der Waals surface area contributed by atoms with Crippen LogP contribution in [0.15, 0.2) is 42.9 Å². The standard InChI is InChI=1S/C18H21N5O2/c1-12(2)25-17-9-14(6-7-19-17)22-18(24)20-10-13-4-5-16-15(8-13)21-11-23(16)3/h4-9,11-12H,10H2,1-3H3,(H2,19,20,22,24). The van der Waals surface area contributed by atoms with E-state index in [9.17, 15) is 4.79 Å². The molecule has 0 fully saturated rings. The summed E-state index contributed by atoms with van der Waals surface area (Å²) in [5, 5.41) is 5.61. The number of fused-ring (bicyclic) bond motifs is 1. The van der Waals surface area contributed by atoms with Gasteiger partial charge in [-0.05, 0) is 37.6 Å². The number of carbonyl (C=O) groups excluding carboxylic acids is 1. The lowest BCUT2D eigenvalue weighted by Crippen LogP contribution is -2.28. The van der Waals surface area contributed by atoms with E-state index in [1.165, 1.54) is 0 Å². The molecule has 0 aliphatic rings. The zero-order valence-electron chi connectivity index (χ0n) is 14.5. The van der Waals surface area contributed by atoms with Gasteiger partial charge in [0.15, 0.2) is 0 Å². The number of pyridine rings is 1. The van der Waals surface area contributed by atoms with Crippen LogP contribution in [0.5, 0.6) is 5.88 Å². The molecule has 2 N–H and O–H groups in total. The summed E-state index contributed by atoms with van der Waals surface area (Å²) in [6, 6.07) is 9.06. The highest BCUT2D eigenvalue weighted by Crippen LogP contribution is 2.16. The molecule has 7 nitrogen and oxygen atoms in total. The number of ether oxygens (including phenoxy) is 1. The third kappa shape index (κ3) is 4.26. The summed E-state index contributed by atoms with van der Waals surface area (Å²) in [4.78, 5) is 20.5. The molecule has 0 aliphatic carbocycles. The Kier molecular flexibility index (Phi) is 4.83. The van der Waals surface area contributed by atoms with Gasteiger partial charge in [-0.15, -0.1) is 0 Å². The second kappa shape index (κ2) is 7.21. The molecule has 1 aromatic carbocycles. The summed E-state index contributed by atoms with van der Waals surface area (Å²) >= 11 is 0. The number of nitrogens with zero attached hydrogens (tertiary/aromatic N) is 3. The molecule has 2 amide bonds. The van der Waals surface area contributed by atoms with E-state index in [-0.39, 0.29) is 12.1 Å². The predicted octanol–water partition coefficient (Wildman–Crippen LogP) is 3.08. The van der Waals surface area contributed by atoms with Gasteiger partial charge < -0.3 is 19.9 Å². The highest BCUT2D eigenvalue weighted by molar-refractivity contribution is 5.89. The Morgan fingerprint density at radius 1 is 1.24 bits per heavy atom. The van der Waals surface area contributed by atoms with Gasteiger partial charge >= 0.3 is 6.03 Å². The van der Waals surface area contributed by atoms with E-state index < -0.39 is 0 Å². The average molecular weight is 339 g/mol. The van der Waals surface area contributed by atoms with Gasteiger partial charge in [0, 0.05) is 31.5 Å². The van der Waals surface area contributed by atoms with Crippen molar-refractivity contribution < 1.29 is 9.53 Å². The maximum Gasteiger partial charge on any atom is 0.319 e. The van der Waals surface area contributed by atoms with Gasteiger partial charge in [0.05, 0.1) is 23.5 Å². The van der Waals surface area contributed by atoms with Crippen LogP contribution < -0.4 is 15.4 Å². The molecule has 0 unspecified atom stereocenters. The number of hydrogen-bond acceptors (Lipinski definition) is 4. The molecule has 0 saturated heterocycles. The van der Waals surface area contributed by atoms with E-state index in [2.05, 4.69) is 20.6 Å². The zero-order chi connectivity index (χ0) is 17.8. The summed E-state index contributed by atoms with van der Waals surface area (Å²) in [5.41, 5.74) is 3.58. The second-order valence-electron chi connectivity index (χ2n) is 6.04. The number of benzene rings is 1. The van der Waals surface area contributed by atoms with Crippen molar-refractivity contribution in [2.75, 3.05) is 5.32 Å². The van der Waals surface area contributed by atoms with E-state index >= 15 is 0 Å². The fourth-order valence-electron chi connectivity index (χ4n) is 2.44. The number of nitrogens with one attached hydrogen (secondary N) is 2. The molecule has 2 heterocycles. The van der Waals surface area contributed by atoms with Crippen molar-refractivity contribution in [1.82, 2.24) is 19.9 Å². The third-order valence-corrected chi connectivity index (χ3v) is 3.59. The number of aromatic nitrogens is 3. The molecule has 7 heteroatoms. The first-order valence-electron chi connectivity index (χ1n) is 8.09. The van der Waals surface area contributed by atoms with Gasteiger partial charge in [-0.1, -0.05) is 6.07 Å².